The Morgan fingerprint density at radius 1 is 1.11 bits per heavy atom. The Labute approximate surface area is 163 Å². The summed E-state index contributed by atoms with van der Waals surface area (Å²) >= 11 is 1.48. The molecule has 3 rings (SSSR count). The Balaban J connectivity index is 1.66. The maximum Gasteiger partial charge on any atom is 0.226 e. The third-order valence-electron chi connectivity index (χ3n) is 4.14. The Morgan fingerprint density at radius 3 is 2.59 bits per heavy atom. The van der Waals surface area contributed by atoms with Crippen LogP contribution >= 0.6 is 11.3 Å². The van der Waals surface area contributed by atoms with Gasteiger partial charge in [-0.1, -0.05) is 35.9 Å². The normalized spacial score (nSPS) is 10.5. The Hall–Kier alpha value is -2.86. The van der Waals surface area contributed by atoms with Gasteiger partial charge in [-0.3, -0.25) is 4.79 Å². The zero-order valence-electron chi connectivity index (χ0n) is 15.6. The third kappa shape index (κ3) is 4.65. The lowest BCUT2D eigenvalue weighted by Gasteiger charge is -2.10. The summed E-state index contributed by atoms with van der Waals surface area (Å²) in [7, 11) is 3.21. The second-order valence-corrected chi connectivity index (χ2v) is 6.98. The predicted octanol–water partition coefficient (Wildman–Crippen LogP) is 3.99. The van der Waals surface area contributed by atoms with Crippen LogP contribution in [0.15, 0.2) is 47.8 Å². The smallest absolute Gasteiger partial charge is 0.226 e. The molecule has 27 heavy (non-hydrogen) atoms. The van der Waals surface area contributed by atoms with E-state index >= 15 is 0 Å². The fourth-order valence-corrected chi connectivity index (χ4v) is 3.54. The zero-order valence-corrected chi connectivity index (χ0v) is 16.4. The van der Waals surface area contributed by atoms with Crippen LogP contribution in [0.4, 0.5) is 0 Å². The number of hydrogen-bond donors (Lipinski definition) is 1. The number of para-hydroxylation sites is 1. The van der Waals surface area contributed by atoms with Crippen molar-refractivity contribution >= 4 is 17.2 Å². The van der Waals surface area contributed by atoms with Crippen molar-refractivity contribution in [2.45, 2.75) is 19.9 Å². The average Bonchev–Trinajstić information content (AvgIpc) is 3.15. The van der Waals surface area contributed by atoms with E-state index in [1.54, 1.807) is 14.2 Å². The van der Waals surface area contributed by atoms with Gasteiger partial charge in [0.05, 0.1) is 31.9 Å². The first kappa shape index (κ1) is 18.9. The summed E-state index contributed by atoms with van der Waals surface area (Å²) in [5.74, 6) is 1.25. The number of benzene rings is 2. The monoisotopic (exact) mass is 382 g/mol. The molecule has 6 heteroatoms. The number of aryl methyl sites for hydroxylation is 1. The number of thiazole rings is 1. The second kappa shape index (κ2) is 8.68. The summed E-state index contributed by atoms with van der Waals surface area (Å²) in [6.45, 7) is 2.55. The molecule has 1 heterocycles. The molecule has 0 aliphatic carbocycles. The van der Waals surface area contributed by atoms with Crippen molar-refractivity contribution in [3.8, 4) is 22.1 Å². The van der Waals surface area contributed by atoms with Gasteiger partial charge >= 0.3 is 0 Å². The molecule has 1 aromatic heterocycles. The highest BCUT2D eigenvalue weighted by Gasteiger charge is 2.15. The van der Waals surface area contributed by atoms with E-state index in [-0.39, 0.29) is 12.3 Å². The van der Waals surface area contributed by atoms with Gasteiger partial charge in [-0.05, 0) is 24.6 Å². The van der Waals surface area contributed by atoms with Gasteiger partial charge in [0.15, 0.2) is 11.5 Å². The number of nitrogens with one attached hydrogen (secondary N) is 1. The molecule has 0 saturated carbocycles. The highest BCUT2D eigenvalue weighted by atomic mass is 32.1. The van der Waals surface area contributed by atoms with Crippen molar-refractivity contribution in [2.75, 3.05) is 14.2 Å². The molecule has 0 bridgehead atoms. The first-order valence-corrected chi connectivity index (χ1v) is 9.46. The van der Waals surface area contributed by atoms with E-state index in [4.69, 9.17) is 9.47 Å². The summed E-state index contributed by atoms with van der Waals surface area (Å²) < 4.78 is 10.8. The van der Waals surface area contributed by atoms with Crippen molar-refractivity contribution in [2.24, 2.45) is 0 Å². The number of amides is 1. The molecule has 0 atom stereocenters. The summed E-state index contributed by atoms with van der Waals surface area (Å²) in [6, 6.07) is 13.8. The van der Waals surface area contributed by atoms with Crippen LogP contribution in [-0.4, -0.2) is 25.1 Å². The van der Waals surface area contributed by atoms with Crippen LogP contribution in [0.25, 0.3) is 10.6 Å². The number of carbonyl (C=O) groups excluding carboxylic acids is 1. The largest absolute Gasteiger partial charge is 0.493 e. The topological polar surface area (TPSA) is 60.5 Å². The van der Waals surface area contributed by atoms with E-state index in [9.17, 15) is 4.79 Å². The third-order valence-corrected chi connectivity index (χ3v) is 5.06. The number of aromatic nitrogens is 1. The lowest BCUT2D eigenvalue weighted by molar-refractivity contribution is -0.120. The van der Waals surface area contributed by atoms with Gasteiger partial charge in [0.2, 0.25) is 5.91 Å². The number of nitrogens with zero attached hydrogens (tertiary/aromatic N) is 1. The number of methoxy groups -OCH3 is 2. The number of ether oxygens (including phenoxy) is 2. The Morgan fingerprint density at radius 2 is 1.89 bits per heavy atom. The molecule has 0 saturated heterocycles. The van der Waals surface area contributed by atoms with Crippen molar-refractivity contribution < 1.29 is 14.3 Å². The van der Waals surface area contributed by atoms with Crippen molar-refractivity contribution in [1.29, 1.82) is 0 Å². The summed E-state index contributed by atoms with van der Waals surface area (Å²) in [5, 5.41) is 5.64. The van der Waals surface area contributed by atoms with E-state index in [1.165, 1.54) is 16.9 Å². The fourth-order valence-electron chi connectivity index (χ4n) is 2.70. The molecule has 140 valence electrons. The first-order chi connectivity index (χ1) is 13.1. The molecule has 2 aromatic carbocycles. The second-order valence-electron chi connectivity index (χ2n) is 6.12. The van der Waals surface area contributed by atoms with Crippen LogP contribution in [-0.2, 0) is 17.8 Å². The van der Waals surface area contributed by atoms with Gasteiger partial charge in [-0.15, -0.1) is 11.3 Å². The predicted molar refractivity (Wildman–Crippen MR) is 107 cm³/mol. The highest BCUT2D eigenvalue weighted by Crippen LogP contribution is 2.38. The van der Waals surface area contributed by atoms with Crippen LogP contribution in [0.1, 0.15) is 16.8 Å². The van der Waals surface area contributed by atoms with Gasteiger partial charge in [0, 0.05) is 11.9 Å². The van der Waals surface area contributed by atoms with Crippen molar-refractivity contribution in [3.63, 3.8) is 0 Å². The molecule has 3 aromatic rings. The zero-order chi connectivity index (χ0) is 19.2. The lowest BCUT2D eigenvalue weighted by atomic mass is 10.1. The van der Waals surface area contributed by atoms with E-state index in [2.05, 4.69) is 10.3 Å². The van der Waals surface area contributed by atoms with Crippen LogP contribution in [0.2, 0.25) is 0 Å². The van der Waals surface area contributed by atoms with Crippen LogP contribution in [0.5, 0.6) is 11.5 Å². The van der Waals surface area contributed by atoms with Gasteiger partial charge in [-0.25, -0.2) is 4.98 Å². The molecule has 0 aliphatic heterocycles. The number of carbonyl (C=O) groups is 1. The summed E-state index contributed by atoms with van der Waals surface area (Å²) in [4.78, 5) is 16.8. The van der Waals surface area contributed by atoms with E-state index < -0.39 is 0 Å². The van der Waals surface area contributed by atoms with Gasteiger partial charge in [-0.2, -0.15) is 0 Å². The minimum Gasteiger partial charge on any atom is -0.493 e. The Kier molecular flexibility index (Phi) is 6.08. The van der Waals surface area contributed by atoms with Crippen LogP contribution in [0.3, 0.4) is 0 Å². The molecule has 0 unspecified atom stereocenters. The SMILES string of the molecule is COc1cccc(-c2nc(CC(=O)NCc3ccc(C)cc3)cs2)c1OC. The minimum absolute atomic E-state index is 0.0509. The van der Waals surface area contributed by atoms with Crippen LogP contribution < -0.4 is 14.8 Å². The average molecular weight is 382 g/mol. The molecule has 1 N–H and O–H groups in total. The molecule has 0 spiro atoms. The standard InChI is InChI=1S/C21H22N2O3S/c1-14-7-9-15(10-8-14)12-22-19(24)11-16-13-27-21(23-16)17-5-4-6-18(25-2)20(17)26-3/h4-10,13H,11-12H2,1-3H3,(H,22,24). The minimum atomic E-state index is -0.0509. The van der Waals surface area contributed by atoms with Crippen molar-refractivity contribution in [3.05, 3.63) is 64.7 Å². The van der Waals surface area contributed by atoms with Gasteiger partial charge in [0.1, 0.15) is 5.01 Å². The maximum absolute atomic E-state index is 12.2. The molecule has 1 amide bonds. The summed E-state index contributed by atoms with van der Waals surface area (Å²) in [6.07, 6.45) is 0.245. The first-order valence-electron chi connectivity index (χ1n) is 8.58. The molecule has 5 nitrogen and oxygen atoms in total. The molecular weight excluding hydrogens is 360 g/mol. The van der Waals surface area contributed by atoms with Gasteiger partial charge in [0.25, 0.3) is 0 Å². The maximum atomic E-state index is 12.2. The Bertz CT molecular complexity index is 919. The molecule has 0 fully saturated rings. The van der Waals surface area contributed by atoms with Crippen molar-refractivity contribution in [1.82, 2.24) is 10.3 Å². The quantitative estimate of drug-likeness (QED) is 0.671. The number of hydrogen-bond acceptors (Lipinski definition) is 5. The van der Waals surface area contributed by atoms with E-state index in [0.717, 1.165) is 21.8 Å². The highest BCUT2D eigenvalue weighted by molar-refractivity contribution is 7.13. The molecule has 0 aliphatic rings. The van der Waals surface area contributed by atoms with Crippen LogP contribution in [0, 0.1) is 6.92 Å². The van der Waals surface area contributed by atoms with E-state index in [0.29, 0.717) is 18.0 Å². The number of rotatable bonds is 7. The molecular formula is C21H22N2O3S. The lowest BCUT2D eigenvalue weighted by Crippen LogP contribution is -2.24. The van der Waals surface area contributed by atoms with E-state index in [1.807, 2.05) is 54.8 Å². The fraction of sp³-hybridized carbons (Fsp3) is 0.238. The molecule has 0 radical (unpaired) electrons. The van der Waals surface area contributed by atoms with Gasteiger partial charge < -0.3 is 14.8 Å². The summed E-state index contributed by atoms with van der Waals surface area (Å²) in [5.41, 5.74) is 3.87.